The smallest absolute Gasteiger partial charge is 0.0284 e. The van der Waals surface area contributed by atoms with Crippen LogP contribution >= 0.6 is 0 Å². The molecule has 1 saturated carbocycles. The maximum Gasteiger partial charge on any atom is 0.0284 e. The van der Waals surface area contributed by atoms with Gasteiger partial charge in [0, 0.05) is 18.6 Å². The molecule has 0 aliphatic heterocycles. The average molecular weight is 168 g/mol. The summed E-state index contributed by atoms with van der Waals surface area (Å²) in [5.41, 5.74) is 6.18. The molecule has 0 aromatic rings. The molecular formula is C10H20N2. The Morgan fingerprint density at radius 2 is 2.25 bits per heavy atom. The number of nitrogens with two attached hydrogens (primary N) is 1. The molecule has 0 heterocycles. The third-order valence-corrected chi connectivity index (χ3v) is 2.36. The van der Waals surface area contributed by atoms with Gasteiger partial charge in [0.15, 0.2) is 0 Å². The average Bonchev–Trinajstić information content (AvgIpc) is 2.69. The molecule has 0 radical (unpaired) electrons. The van der Waals surface area contributed by atoms with Crippen molar-refractivity contribution < 1.29 is 0 Å². The molecule has 1 rings (SSSR count). The fourth-order valence-corrected chi connectivity index (χ4v) is 1.50. The van der Waals surface area contributed by atoms with Crippen molar-refractivity contribution in [1.29, 1.82) is 0 Å². The van der Waals surface area contributed by atoms with Crippen LogP contribution in [-0.4, -0.2) is 30.1 Å². The zero-order valence-electron chi connectivity index (χ0n) is 8.05. The lowest BCUT2D eigenvalue weighted by Gasteiger charge is -2.23. The summed E-state index contributed by atoms with van der Waals surface area (Å²) in [4.78, 5) is 2.39. The second-order valence-electron chi connectivity index (χ2n) is 3.89. The SMILES string of the molecule is C=CCN(CCC)CC1(N)CC1. The Bertz CT molecular complexity index is 150. The van der Waals surface area contributed by atoms with Gasteiger partial charge in [-0.15, -0.1) is 6.58 Å². The Hall–Kier alpha value is -0.340. The van der Waals surface area contributed by atoms with Gasteiger partial charge in [-0.3, -0.25) is 4.90 Å². The summed E-state index contributed by atoms with van der Waals surface area (Å²) in [6, 6.07) is 0. The monoisotopic (exact) mass is 168 g/mol. The number of hydrogen-bond acceptors (Lipinski definition) is 2. The van der Waals surface area contributed by atoms with E-state index in [1.54, 1.807) is 0 Å². The maximum atomic E-state index is 6.03. The lowest BCUT2D eigenvalue weighted by atomic mass is 10.2. The third kappa shape index (κ3) is 2.95. The van der Waals surface area contributed by atoms with Crippen molar-refractivity contribution in [3.63, 3.8) is 0 Å². The Balaban J connectivity index is 2.26. The normalized spacial score (nSPS) is 19.6. The Morgan fingerprint density at radius 1 is 1.58 bits per heavy atom. The highest BCUT2D eigenvalue weighted by atomic mass is 15.1. The van der Waals surface area contributed by atoms with E-state index in [1.807, 2.05) is 6.08 Å². The zero-order valence-corrected chi connectivity index (χ0v) is 8.05. The molecule has 0 atom stereocenters. The van der Waals surface area contributed by atoms with Crippen molar-refractivity contribution in [3.05, 3.63) is 12.7 Å². The quantitative estimate of drug-likeness (QED) is 0.607. The van der Waals surface area contributed by atoms with Gasteiger partial charge >= 0.3 is 0 Å². The molecule has 0 aromatic heterocycles. The Morgan fingerprint density at radius 3 is 2.67 bits per heavy atom. The molecule has 2 nitrogen and oxygen atoms in total. The summed E-state index contributed by atoms with van der Waals surface area (Å²) in [5, 5.41) is 0. The van der Waals surface area contributed by atoms with Crippen molar-refractivity contribution in [2.75, 3.05) is 19.6 Å². The highest BCUT2D eigenvalue weighted by Crippen LogP contribution is 2.32. The summed E-state index contributed by atoms with van der Waals surface area (Å²) in [6.45, 7) is 9.12. The lowest BCUT2D eigenvalue weighted by Crippen LogP contribution is -2.39. The lowest BCUT2D eigenvalue weighted by molar-refractivity contribution is 0.276. The fraction of sp³-hybridized carbons (Fsp3) is 0.800. The minimum atomic E-state index is 0.151. The van der Waals surface area contributed by atoms with Gasteiger partial charge in [0.25, 0.3) is 0 Å². The van der Waals surface area contributed by atoms with E-state index >= 15 is 0 Å². The van der Waals surface area contributed by atoms with Crippen LogP contribution in [0.4, 0.5) is 0 Å². The minimum Gasteiger partial charge on any atom is -0.324 e. The van der Waals surface area contributed by atoms with Gasteiger partial charge in [-0.05, 0) is 25.8 Å². The van der Waals surface area contributed by atoms with Crippen molar-refractivity contribution >= 4 is 0 Å². The highest BCUT2D eigenvalue weighted by molar-refractivity contribution is 5.01. The van der Waals surface area contributed by atoms with Gasteiger partial charge in [0.05, 0.1) is 0 Å². The van der Waals surface area contributed by atoms with Crippen LogP contribution in [0.3, 0.4) is 0 Å². The van der Waals surface area contributed by atoms with Crippen LogP contribution in [0.1, 0.15) is 26.2 Å². The van der Waals surface area contributed by atoms with Gasteiger partial charge in [-0.2, -0.15) is 0 Å². The van der Waals surface area contributed by atoms with Crippen LogP contribution in [0, 0.1) is 0 Å². The first-order valence-electron chi connectivity index (χ1n) is 4.82. The molecule has 1 aliphatic carbocycles. The molecule has 0 unspecified atom stereocenters. The van der Waals surface area contributed by atoms with E-state index in [0.717, 1.165) is 19.6 Å². The first kappa shape index (κ1) is 9.75. The molecule has 0 spiro atoms. The van der Waals surface area contributed by atoms with Crippen LogP contribution in [0.15, 0.2) is 12.7 Å². The summed E-state index contributed by atoms with van der Waals surface area (Å²) < 4.78 is 0. The largest absolute Gasteiger partial charge is 0.324 e. The number of rotatable bonds is 6. The molecule has 0 saturated heterocycles. The molecule has 12 heavy (non-hydrogen) atoms. The summed E-state index contributed by atoms with van der Waals surface area (Å²) in [5.74, 6) is 0. The first-order chi connectivity index (χ1) is 5.70. The second-order valence-corrected chi connectivity index (χ2v) is 3.89. The molecule has 1 fully saturated rings. The van der Waals surface area contributed by atoms with E-state index in [1.165, 1.54) is 19.3 Å². The molecule has 0 amide bonds. The molecule has 1 aliphatic rings. The van der Waals surface area contributed by atoms with Crippen LogP contribution < -0.4 is 5.73 Å². The van der Waals surface area contributed by atoms with Crippen molar-refractivity contribution in [2.45, 2.75) is 31.7 Å². The summed E-state index contributed by atoms with van der Waals surface area (Å²) >= 11 is 0. The van der Waals surface area contributed by atoms with Crippen LogP contribution in [0.2, 0.25) is 0 Å². The molecular weight excluding hydrogens is 148 g/mol. The van der Waals surface area contributed by atoms with Crippen LogP contribution in [0.25, 0.3) is 0 Å². The number of hydrogen-bond donors (Lipinski definition) is 1. The van der Waals surface area contributed by atoms with Crippen LogP contribution in [0.5, 0.6) is 0 Å². The van der Waals surface area contributed by atoms with Gasteiger partial charge in [0.1, 0.15) is 0 Å². The predicted octanol–water partition coefficient (Wildman–Crippen LogP) is 1.38. The highest BCUT2D eigenvalue weighted by Gasteiger charge is 2.39. The zero-order chi connectivity index (χ0) is 9.03. The maximum absolute atomic E-state index is 6.03. The number of nitrogens with zero attached hydrogens (tertiary/aromatic N) is 1. The predicted molar refractivity (Wildman–Crippen MR) is 53.1 cm³/mol. The molecule has 0 bridgehead atoms. The molecule has 2 N–H and O–H groups in total. The minimum absolute atomic E-state index is 0.151. The van der Waals surface area contributed by atoms with E-state index in [2.05, 4.69) is 18.4 Å². The van der Waals surface area contributed by atoms with E-state index in [-0.39, 0.29) is 5.54 Å². The van der Waals surface area contributed by atoms with Crippen molar-refractivity contribution in [3.8, 4) is 0 Å². The second kappa shape index (κ2) is 4.06. The Kier molecular flexibility index (Phi) is 3.29. The van der Waals surface area contributed by atoms with E-state index in [0.29, 0.717) is 0 Å². The Labute approximate surface area is 75.4 Å². The first-order valence-corrected chi connectivity index (χ1v) is 4.82. The topological polar surface area (TPSA) is 29.3 Å². The van der Waals surface area contributed by atoms with Gasteiger partial charge in [0.2, 0.25) is 0 Å². The summed E-state index contributed by atoms with van der Waals surface area (Å²) in [6.07, 6.45) is 5.56. The van der Waals surface area contributed by atoms with Crippen molar-refractivity contribution in [2.24, 2.45) is 5.73 Å². The van der Waals surface area contributed by atoms with Crippen molar-refractivity contribution in [1.82, 2.24) is 4.90 Å². The molecule has 70 valence electrons. The fourth-order valence-electron chi connectivity index (χ4n) is 1.50. The van der Waals surface area contributed by atoms with E-state index in [4.69, 9.17) is 5.73 Å². The van der Waals surface area contributed by atoms with Gasteiger partial charge < -0.3 is 5.73 Å². The van der Waals surface area contributed by atoms with Gasteiger partial charge in [-0.25, -0.2) is 0 Å². The van der Waals surface area contributed by atoms with E-state index in [9.17, 15) is 0 Å². The molecule has 0 aromatic carbocycles. The third-order valence-electron chi connectivity index (χ3n) is 2.36. The molecule has 2 heteroatoms. The van der Waals surface area contributed by atoms with Gasteiger partial charge in [-0.1, -0.05) is 13.0 Å². The standard InChI is InChI=1S/C10H20N2/c1-3-7-12(8-4-2)9-10(11)5-6-10/h3H,1,4-9,11H2,2H3. The van der Waals surface area contributed by atoms with E-state index < -0.39 is 0 Å². The van der Waals surface area contributed by atoms with Crippen LogP contribution in [-0.2, 0) is 0 Å². The summed E-state index contributed by atoms with van der Waals surface area (Å²) in [7, 11) is 0.